The molecule has 7 rings (SSSR count). The monoisotopic (exact) mass is 391 g/mol. The van der Waals surface area contributed by atoms with Crippen molar-refractivity contribution in [3.63, 3.8) is 0 Å². The van der Waals surface area contributed by atoms with Crippen LogP contribution in [0.15, 0.2) is 97.1 Å². The molecule has 1 aliphatic heterocycles. The maximum atomic E-state index is 13.9. The van der Waals surface area contributed by atoms with E-state index in [9.17, 15) is 9.59 Å². The Bertz CT molecular complexity index is 1180. The van der Waals surface area contributed by atoms with Gasteiger partial charge in [0.2, 0.25) is 11.8 Å². The lowest BCUT2D eigenvalue weighted by molar-refractivity contribution is -0.140. The summed E-state index contributed by atoms with van der Waals surface area (Å²) in [6.45, 7) is 0.318. The van der Waals surface area contributed by atoms with E-state index in [-0.39, 0.29) is 23.7 Å². The number of carbonyl (C=O) groups excluding carboxylic acids is 2. The van der Waals surface area contributed by atoms with Gasteiger partial charge < -0.3 is 0 Å². The van der Waals surface area contributed by atoms with Crippen molar-refractivity contribution in [3.05, 3.63) is 119 Å². The lowest BCUT2D eigenvalue weighted by Gasteiger charge is -2.48. The summed E-state index contributed by atoms with van der Waals surface area (Å²) in [5.74, 6) is -0.487. The third-order valence-electron chi connectivity index (χ3n) is 7.07. The SMILES string of the molecule is O=C1[C@@H]2[C@@H](c3ccccc3)[C@H]3C=C[C@]2(C(=O)N1Cc1ccccc1)c1ccccc13. The topological polar surface area (TPSA) is 37.4 Å². The minimum Gasteiger partial charge on any atom is -0.277 e. The molecule has 0 unspecified atom stereocenters. The zero-order valence-corrected chi connectivity index (χ0v) is 16.4. The van der Waals surface area contributed by atoms with Gasteiger partial charge in [0.05, 0.1) is 12.5 Å². The molecule has 1 fully saturated rings. The van der Waals surface area contributed by atoms with Crippen LogP contribution in [0, 0.1) is 5.92 Å². The molecule has 30 heavy (non-hydrogen) atoms. The molecule has 0 saturated carbocycles. The molecule has 3 aromatic carbocycles. The van der Waals surface area contributed by atoms with Crippen molar-refractivity contribution < 1.29 is 9.59 Å². The Morgan fingerprint density at radius 2 is 1.47 bits per heavy atom. The van der Waals surface area contributed by atoms with E-state index in [1.165, 1.54) is 10.5 Å². The molecule has 4 aliphatic rings. The van der Waals surface area contributed by atoms with Gasteiger partial charge in [0, 0.05) is 11.8 Å². The molecular weight excluding hydrogens is 370 g/mol. The highest BCUT2D eigenvalue weighted by Crippen LogP contribution is 2.62. The fourth-order valence-corrected chi connectivity index (χ4v) is 5.84. The van der Waals surface area contributed by atoms with E-state index in [4.69, 9.17) is 0 Å². The highest BCUT2D eigenvalue weighted by atomic mass is 16.2. The lowest BCUT2D eigenvalue weighted by Crippen LogP contribution is -2.49. The molecule has 3 nitrogen and oxygen atoms in total. The van der Waals surface area contributed by atoms with Crippen LogP contribution in [0.5, 0.6) is 0 Å². The van der Waals surface area contributed by atoms with Gasteiger partial charge in [-0.1, -0.05) is 97.1 Å². The van der Waals surface area contributed by atoms with Gasteiger partial charge in [-0.2, -0.15) is 0 Å². The van der Waals surface area contributed by atoms with Crippen LogP contribution >= 0.6 is 0 Å². The summed E-state index contributed by atoms with van der Waals surface area (Å²) in [5, 5.41) is 0. The number of hydrogen-bond donors (Lipinski definition) is 0. The Morgan fingerprint density at radius 3 is 2.23 bits per heavy atom. The Kier molecular flexibility index (Phi) is 3.64. The number of allylic oxidation sites excluding steroid dienone is 1. The van der Waals surface area contributed by atoms with Crippen molar-refractivity contribution >= 4 is 11.8 Å². The summed E-state index contributed by atoms with van der Waals surface area (Å²) < 4.78 is 0. The average molecular weight is 391 g/mol. The number of likely N-dealkylation sites (tertiary alicyclic amines) is 1. The summed E-state index contributed by atoms with van der Waals surface area (Å²) in [5.41, 5.74) is 3.37. The molecule has 2 amide bonds. The van der Waals surface area contributed by atoms with Crippen LogP contribution in [0.25, 0.3) is 0 Å². The van der Waals surface area contributed by atoms with Gasteiger partial charge in [-0.25, -0.2) is 0 Å². The molecule has 0 aromatic heterocycles. The van der Waals surface area contributed by atoms with E-state index in [1.807, 2.05) is 72.8 Å². The normalized spacial score (nSPS) is 28.5. The molecule has 1 spiro atoms. The highest BCUT2D eigenvalue weighted by molar-refractivity contribution is 6.13. The molecule has 3 aromatic rings. The summed E-state index contributed by atoms with van der Waals surface area (Å²) in [7, 11) is 0. The standard InChI is InChI=1S/C27H21NO2/c29-25-24-23(19-11-5-2-6-12-19)21-15-16-27(24,22-14-8-7-13-20(21)22)26(30)28(25)17-18-9-3-1-4-10-18/h1-16,21,23-24H,17H2/t21-,23-,24-,27-/m0/s1. The smallest absolute Gasteiger partial charge is 0.244 e. The van der Waals surface area contributed by atoms with Gasteiger partial charge in [-0.15, -0.1) is 0 Å². The van der Waals surface area contributed by atoms with Gasteiger partial charge in [0.15, 0.2) is 0 Å². The lowest BCUT2D eigenvalue weighted by atomic mass is 9.51. The zero-order valence-electron chi connectivity index (χ0n) is 16.4. The number of amides is 2. The van der Waals surface area contributed by atoms with E-state index >= 15 is 0 Å². The Labute approximate surface area is 175 Å². The van der Waals surface area contributed by atoms with Crippen molar-refractivity contribution in [2.45, 2.75) is 23.8 Å². The van der Waals surface area contributed by atoms with Crippen LogP contribution in [0.4, 0.5) is 0 Å². The van der Waals surface area contributed by atoms with E-state index < -0.39 is 11.3 Å². The summed E-state index contributed by atoms with van der Waals surface area (Å²) in [4.78, 5) is 29.2. The molecule has 3 heteroatoms. The maximum absolute atomic E-state index is 13.9. The summed E-state index contributed by atoms with van der Waals surface area (Å²) in [6.07, 6.45) is 4.18. The number of nitrogens with zero attached hydrogens (tertiary/aromatic N) is 1. The number of carbonyl (C=O) groups is 2. The number of benzene rings is 3. The van der Waals surface area contributed by atoms with Crippen molar-refractivity contribution in [2.75, 3.05) is 0 Å². The number of imide groups is 1. The quantitative estimate of drug-likeness (QED) is 0.485. The van der Waals surface area contributed by atoms with Crippen LogP contribution in [0.1, 0.15) is 34.1 Å². The summed E-state index contributed by atoms with van der Waals surface area (Å²) in [6, 6.07) is 28.1. The third-order valence-corrected chi connectivity index (χ3v) is 7.07. The fraction of sp³-hybridized carbons (Fsp3) is 0.185. The first kappa shape index (κ1) is 17.4. The predicted octanol–water partition coefficient (Wildman–Crippen LogP) is 4.56. The van der Waals surface area contributed by atoms with E-state index in [1.54, 1.807) is 0 Å². The van der Waals surface area contributed by atoms with E-state index in [2.05, 4.69) is 24.3 Å². The Morgan fingerprint density at radius 1 is 0.800 bits per heavy atom. The largest absolute Gasteiger partial charge is 0.277 e. The average Bonchev–Trinajstić information content (AvgIpc) is 3.03. The summed E-state index contributed by atoms with van der Waals surface area (Å²) >= 11 is 0. The highest BCUT2D eigenvalue weighted by Gasteiger charge is 2.67. The Hall–Kier alpha value is -3.46. The first-order chi connectivity index (χ1) is 14.7. The predicted molar refractivity (Wildman–Crippen MR) is 115 cm³/mol. The van der Waals surface area contributed by atoms with Crippen LogP contribution in [-0.2, 0) is 21.5 Å². The molecule has 2 bridgehead atoms. The van der Waals surface area contributed by atoms with Crippen molar-refractivity contribution in [3.8, 4) is 0 Å². The third kappa shape index (κ3) is 2.15. The van der Waals surface area contributed by atoms with Crippen molar-refractivity contribution in [1.82, 2.24) is 4.90 Å². The number of rotatable bonds is 3. The van der Waals surface area contributed by atoms with E-state index in [0.29, 0.717) is 6.54 Å². The number of hydrogen-bond acceptors (Lipinski definition) is 2. The van der Waals surface area contributed by atoms with Crippen molar-refractivity contribution in [1.29, 1.82) is 0 Å². The second-order valence-corrected chi connectivity index (χ2v) is 8.47. The second kappa shape index (κ2) is 6.27. The van der Waals surface area contributed by atoms with Crippen LogP contribution < -0.4 is 0 Å². The molecule has 1 heterocycles. The molecule has 3 aliphatic carbocycles. The van der Waals surface area contributed by atoms with Crippen molar-refractivity contribution in [2.24, 2.45) is 5.92 Å². The van der Waals surface area contributed by atoms with Crippen LogP contribution in [0.3, 0.4) is 0 Å². The minimum atomic E-state index is -0.905. The molecular formula is C27H21NO2. The van der Waals surface area contributed by atoms with Gasteiger partial charge in [0.25, 0.3) is 0 Å². The maximum Gasteiger partial charge on any atom is 0.244 e. The minimum absolute atomic E-state index is 0.0386. The molecule has 0 radical (unpaired) electrons. The first-order valence-corrected chi connectivity index (χ1v) is 10.5. The van der Waals surface area contributed by atoms with Gasteiger partial charge >= 0.3 is 0 Å². The van der Waals surface area contributed by atoms with Crippen LogP contribution in [0.2, 0.25) is 0 Å². The molecule has 146 valence electrons. The first-order valence-electron chi connectivity index (χ1n) is 10.5. The van der Waals surface area contributed by atoms with Gasteiger partial charge in [-0.05, 0) is 22.3 Å². The second-order valence-electron chi connectivity index (χ2n) is 8.47. The van der Waals surface area contributed by atoms with E-state index in [0.717, 1.165) is 16.7 Å². The molecule has 0 N–H and O–H groups in total. The zero-order chi connectivity index (χ0) is 20.3. The molecule has 1 saturated heterocycles. The molecule has 4 atom stereocenters. The Balaban J connectivity index is 1.55. The van der Waals surface area contributed by atoms with Gasteiger partial charge in [0.1, 0.15) is 5.41 Å². The fourth-order valence-electron chi connectivity index (χ4n) is 5.84. The van der Waals surface area contributed by atoms with Crippen LogP contribution in [-0.4, -0.2) is 16.7 Å². The van der Waals surface area contributed by atoms with Gasteiger partial charge in [-0.3, -0.25) is 14.5 Å².